The Hall–Kier alpha value is -2.73. The standard InChI is InChI=1S/C20H18ClFN2O3/c21-16-4-2-1-3-15(16)17(25)9-10-18(26)24-12-11-23-20(27)19(24)13-5-7-14(22)8-6-13/h1-8,19H,9-12H2,(H,23,27). The SMILES string of the molecule is O=C(CCC(=O)N1CCNC(=O)C1c1ccc(F)cc1)c1ccccc1Cl. The van der Waals surface area contributed by atoms with E-state index in [2.05, 4.69) is 5.32 Å². The highest BCUT2D eigenvalue weighted by molar-refractivity contribution is 6.34. The van der Waals surface area contributed by atoms with Crippen molar-refractivity contribution in [3.63, 3.8) is 0 Å². The lowest BCUT2D eigenvalue weighted by molar-refractivity contribution is -0.143. The molecule has 0 aromatic heterocycles. The van der Waals surface area contributed by atoms with Crippen molar-refractivity contribution in [2.45, 2.75) is 18.9 Å². The van der Waals surface area contributed by atoms with Gasteiger partial charge in [0.05, 0.1) is 5.02 Å². The molecule has 1 N–H and O–H groups in total. The third kappa shape index (κ3) is 4.34. The van der Waals surface area contributed by atoms with E-state index >= 15 is 0 Å². The van der Waals surface area contributed by atoms with E-state index in [0.717, 1.165) is 0 Å². The number of benzene rings is 2. The summed E-state index contributed by atoms with van der Waals surface area (Å²) in [5, 5.41) is 3.06. The van der Waals surface area contributed by atoms with E-state index in [1.165, 1.54) is 29.2 Å². The van der Waals surface area contributed by atoms with Crippen LogP contribution in [0.15, 0.2) is 48.5 Å². The number of nitrogens with zero attached hydrogens (tertiary/aromatic N) is 1. The zero-order valence-electron chi connectivity index (χ0n) is 14.5. The molecule has 1 saturated heterocycles. The summed E-state index contributed by atoms with van der Waals surface area (Å²) in [6, 6.07) is 11.3. The van der Waals surface area contributed by atoms with Gasteiger partial charge < -0.3 is 10.2 Å². The molecule has 1 aliphatic heterocycles. The Morgan fingerprint density at radius 1 is 1.11 bits per heavy atom. The number of hydrogen-bond donors (Lipinski definition) is 1. The maximum absolute atomic E-state index is 13.2. The van der Waals surface area contributed by atoms with Crippen molar-refractivity contribution in [2.75, 3.05) is 13.1 Å². The first kappa shape index (κ1) is 19.0. The molecule has 0 bridgehead atoms. The first-order valence-corrected chi connectivity index (χ1v) is 8.95. The van der Waals surface area contributed by atoms with Gasteiger partial charge in [0.15, 0.2) is 5.78 Å². The van der Waals surface area contributed by atoms with Crippen molar-refractivity contribution in [2.24, 2.45) is 0 Å². The summed E-state index contributed by atoms with van der Waals surface area (Å²) >= 11 is 6.02. The Balaban J connectivity index is 1.72. The predicted octanol–water partition coefficient (Wildman–Crippen LogP) is 3.14. The molecule has 2 amide bonds. The molecular formula is C20H18ClFN2O3. The van der Waals surface area contributed by atoms with Gasteiger partial charge in [-0.25, -0.2) is 4.39 Å². The van der Waals surface area contributed by atoms with Gasteiger partial charge in [-0.2, -0.15) is 0 Å². The topological polar surface area (TPSA) is 66.5 Å². The molecule has 0 aliphatic carbocycles. The molecule has 1 unspecified atom stereocenters. The minimum Gasteiger partial charge on any atom is -0.352 e. The van der Waals surface area contributed by atoms with Crippen LogP contribution in [0.4, 0.5) is 4.39 Å². The molecule has 2 aromatic carbocycles. The van der Waals surface area contributed by atoms with Crippen molar-refractivity contribution in [3.8, 4) is 0 Å². The van der Waals surface area contributed by atoms with Gasteiger partial charge in [-0.3, -0.25) is 14.4 Å². The molecule has 1 atom stereocenters. The van der Waals surface area contributed by atoms with Crippen LogP contribution in [-0.4, -0.2) is 35.6 Å². The number of halogens is 2. The number of rotatable bonds is 5. The molecule has 5 nitrogen and oxygen atoms in total. The smallest absolute Gasteiger partial charge is 0.247 e. The summed E-state index contributed by atoms with van der Waals surface area (Å²) < 4.78 is 13.2. The third-order valence-electron chi connectivity index (χ3n) is 4.46. The Kier molecular flexibility index (Phi) is 5.86. The van der Waals surface area contributed by atoms with Crippen molar-refractivity contribution in [1.29, 1.82) is 0 Å². The number of Topliss-reactive ketones (excluding diaryl/α,β-unsaturated/α-hetero) is 1. The first-order valence-electron chi connectivity index (χ1n) is 8.58. The van der Waals surface area contributed by atoms with E-state index in [1.807, 2.05) is 0 Å². The highest BCUT2D eigenvalue weighted by atomic mass is 35.5. The Bertz CT molecular complexity index is 870. The molecule has 140 valence electrons. The summed E-state index contributed by atoms with van der Waals surface area (Å²) in [5.41, 5.74) is 0.901. The lowest BCUT2D eigenvalue weighted by atomic mass is 10.0. The van der Waals surface area contributed by atoms with Crippen LogP contribution in [0.3, 0.4) is 0 Å². The van der Waals surface area contributed by atoms with E-state index < -0.39 is 11.9 Å². The fraction of sp³-hybridized carbons (Fsp3) is 0.250. The molecule has 1 heterocycles. The van der Waals surface area contributed by atoms with Crippen LogP contribution in [-0.2, 0) is 9.59 Å². The summed E-state index contributed by atoms with van der Waals surface area (Å²) in [6.07, 6.45) is -0.0359. The summed E-state index contributed by atoms with van der Waals surface area (Å²) in [6.45, 7) is 0.660. The lowest BCUT2D eigenvalue weighted by Crippen LogP contribution is -2.52. The molecule has 27 heavy (non-hydrogen) atoms. The van der Waals surface area contributed by atoms with Gasteiger partial charge in [-0.1, -0.05) is 35.9 Å². The number of carbonyl (C=O) groups excluding carboxylic acids is 3. The molecular weight excluding hydrogens is 371 g/mol. The van der Waals surface area contributed by atoms with Gasteiger partial charge in [-0.05, 0) is 29.8 Å². The van der Waals surface area contributed by atoms with Crippen LogP contribution in [0.1, 0.15) is 34.8 Å². The number of hydrogen-bond acceptors (Lipinski definition) is 3. The van der Waals surface area contributed by atoms with E-state index in [-0.39, 0.29) is 30.4 Å². The monoisotopic (exact) mass is 388 g/mol. The number of nitrogens with one attached hydrogen (secondary N) is 1. The molecule has 1 fully saturated rings. The third-order valence-corrected chi connectivity index (χ3v) is 4.79. The second-order valence-corrected chi connectivity index (χ2v) is 6.64. The van der Waals surface area contributed by atoms with Gasteiger partial charge in [0.25, 0.3) is 0 Å². The van der Waals surface area contributed by atoms with Crippen molar-refractivity contribution < 1.29 is 18.8 Å². The number of carbonyl (C=O) groups is 3. The van der Waals surface area contributed by atoms with E-state index in [0.29, 0.717) is 29.2 Å². The highest BCUT2D eigenvalue weighted by Crippen LogP contribution is 2.25. The van der Waals surface area contributed by atoms with E-state index in [1.54, 1.807) is 24.3 Å². The largest absolute Gasteiger partial charge is 0.352 e. The van der Waals surface area contributed by atoms with Gasteiger partial charge >= 0.3 is 0 Å². The van der Waals surface area contributed by atoms with Crippen LogP contribution in [0.5, 0.6) is 0 Å². The highest BCUT2D eigenvalue weighted by Gasteiger charge is 2.34. The molecule has 0 spiro atoms. The second-order valence-electron chi connectivity index (χ2n) is 6.24. The number of ketones is 1. The number of amides is 2. The Morgan fingerprint density at radius 2 is 1.81 bits per heavy atom. The minimum absolute atomic E-state index is 0.00315. The van der Waals surface area contributed by atoms with Crippen LogP contribution < -0.4 is 5.32 Å². The molecule has 2 aromatic rings. The average molecular weight is 389 g/mol. The molecule has 3 rings (SSSR count). The first-order chi connectivity index (χ1) is 13.0. The number of piperazine rings is 1. The predicted molar refractivity (Wildman–Crippen MR) is 98.9 cm³/mol. The Labute approximate surface area is 161 Å². The van der Waals surface area contributed by atoms with E-state index in [4.69, 9.17) is 11.6 Å². The van der Waals surface area contributed by atoms with Gasteiger partial charge in [0, 0.05) is 31.5 Å². The summed E-state index contributed by atoms with van der Waals surface area (Å²) in [5.74, 6) is -1.27. The minimum atomic E-state index is -0.831. The van der Waals surface area contributed by atoms with Gasteiger partial charge in [-0.15, -0.1) is 0 Å². The fourth-order valence-electron chi connectivity index (χ4n) is 3.10. The molecule has 0 radical (unpaired) electrons. The van der Waals surface area contributed by atoms with Crippen LogP contribution in [0.25, 0.3) is 0 Å². The van der Waals surface area contributed by atoms with Crippen molar-refractivity contribution in [3.05, 3.63) is 70.5 Å². The maximum Gasteiger partial charge on any atom is 0.247 e. The van der Waals surface area contributed by atoms with Crippen LogP contribution in [0.2, 0.25) is 5.02 Å². The average Bonchev–Trinajstić information content (AvgIpc) is 2.67. The van der Waals surface area contributed by atoms with Gasteiger partial charge in [0.2, 0.25) is 11.8 Å². The molecule has 1 aliphatic rings. The lowest BCUT2D eigenvalue weighted by Gasteiger charge is -2.35. The quantitative estimate of drug-likeness (QED) is 0.800. The fourth-order valence-corrected chi connectivity index (χ4v) is 3.34. The summed E-state index contributed by atoms with van der Waals surface area (Å²) in [7, 11) is 0. The van der Waals surface area contributed by atoms with Gasteiger partial charge in [0.1, 0.15) is 11.9 Å². The second kappa shape index (κ2) is 8.31. The molecule has 7 heteroatoms. The van der Waals surface area contributed by atoms with Crippen molar-refractivity contribution in [1.82, 2.24) is 10.2 Å². The Morgan fingerprint density at radius 3 is 2.52 bits per heavy atom. The van der Waals surface area contributed by atoms with Crippen molar-refractivity contribution >= 4 is 29.2 Å². The summed E-state index contributed by atoms with van der Waals surface area (Å²) in [4.78, 5) is 38.8. The van der Waals surface area contributed by atoms with Crippen LogP contribution in [0, 0.1) is 5.82 Å². The zero-order chi connectivity index (χ0) is 19.4. The van der Waals surface area contributed by atoms with Crippen LogP contribution >= 0.6 is 11.6 Å². The normalized spacial score (nSPS) is 16.7. The maximum atomic E-state index is 13.2. The van der Waals surface area contributed by atoms with E-state index in [9.17, 15) is 18.8 Å². The zero-order valence-corrected chi connectivity index (χ0v) is 15.2. The molecule has 0 saturated carbocycles.